The molecule has 0 spiro atoms. The Morgan fingerprint density at radius 3 is 2.72 bits per heavy atom. The maximum Gasteiger partial charge on any atom is 0.280 e. The standard InChI is InChI=1S/C15H15N5O3S2/c1-8(2)19-12(4-9(3)18-19)14(21)17-15-16-11(7-25-15)13-5-10(6-24-13)20(22)23/h4-8H,1-3H3,(H,16,17,21). The van der Waals surface area contributed by atoms with E-state index in [-0.39, 0.29) is 17.6 Å². The highest BCUT2D eigenvalue weighted by molar-refractivity contribution is 7.16. The van der Waals surface area contributed by atoms with Gasteiger partial charge in [0.1, 0.15) is 5.69 Å². The Morgan fingerprint density at radius 1 is 1.32 bits per heavy atom. The van der Waals surface area contributed by atoms with Crippen molar-refractivity contribution in [2.24, 2.45) is 0 Å². The van der Waals surface area contributed by atoms with Crippen molar-refractivity contribution < 1.29 is 9.72 Å². The van der Waals surface area contributed by atoms with Crippen LogP contribution < -0.4 is 5.32 Å². The first-order valence-corrected chi connectivity index (χ1v) is 9.17. The summed E-state index contributed by atoms with van der Waals surface area (Å²) in [7, 11) is 0. The summed E-state index contributed by atoms with van der Waals surface area (Å²) < 4.78 is 1.67. The number of nitro groups is 1. The van der Waals surface area contributed by atoms with Crippen LogP contribution in [-0.4, -0.2) is 25.6 Å². The monoisotopic (exact) mass is 377 g/mol. The van der Waals surface area contributed by atoms with Gasteiger partial charge >= 0.3 is 0 Å². The molecule has 0 radical (unpaired) electrons. The van der Waals surface area contributed by atoms with Crippen molar-refractivity contribution in [1.29, 1.82) is 0 Å². The van der Waals surface area contributed by atoms with Crippen LogP contribution in [0.4, 0.5) is 10.8 Å². The van der Waals surface area contributed by atoms with Crippen LogP contribution in [-0.2, 0) is 0 Å². The minimum Gasteiger partial charge on any atom is -0.296 e. The predicted molar refractivity (Wildman–Crippen MR) is 97.4 cm³/mol. The molecule has 0 aromatic carbocycles. The largest absolute Gasteiger partial charge is 0.296 e. The minimum atomic E-state index is -0.440. The van der Waals surface area contributed by atoms with Gasteiger partial charge in [-0.05, 0) is 26.8 Å². The lowest BCUT2D eigenvalue weighted by atomic mass is 10.3. The average molecular weight is 377 g/mol. The number of carbonyl (C=O) groups is 1. The quantitative estimate of drug-likeness (QED) is 0.532. The lowest BCUT2D eigenvalue weighted by Crippen LogP contribution is -2.18. The molecule has 8 nitrogen and oxygen atoms in total. The Labute approximate surface area is 151 Å². The number of amides is 1. The van der Waals surface area contributed by atoms with Gasteiger partial charge in [-0.1, -0.05) is 0 Å². The molecule has 1 amide bonds. The van der Waals surface area contributed by atoms with Crippen molar-refractivity contribution in [2.75, 3.05) is 5.32 Å². The van der Waals surface area contributed by atoms with E-state index >= 15 is 0 Å². The molecule has 0 saturated heterocycles. The summed E-state index contributed by atoms with van der Waals surface area (Å²) in [5.41, 5.74) is 1.88. The van der Waals surface area contributed by atoms with E-state index in [2.05, 4.69) is 15.4 Å². The number of aromatic nitrogens is 3. The number of thiophene rings is 1. The molecule has 1 N–H and O–H groups in total. The third kappa shape index (κ3) is 3.59. The first-order chi connectivity index (χ1) is 11.8. The zero-order valence-corrected chi connectivity index (χ0v) is 15.3. The maximum atomic E-state index is 12.5. The number of anilines is 1. The van der Waals surface area contributed by atoms with Crippen LogP contribution in [0.15, 0.2) is 22.9 Å². The van der Waals surface area contributed by atoms with Crippen molar-refractivity contribution in [3.8, 4) is 10.6 Å². The highest BCUT2D eigenvalue weighted by Crippen LogP contribution is 2.33. The molecule has 0 atom stereocenters. The summed E-state index contributed by atoms with van der Waals surface area (Å²) in [6.45, 7) is 5.74. The summed E-state index contributed by atoms with van der Waals surface area (Å²) in [6, 6.07) is 3.27. The van der Waals surface area contributed by atoms with E-state index < -0.39 is 4.92 Å². The fraction of sp³-hybridized carbons (Fsp3) is 0.267. The summed E-state index contributed by atoms with van der Waals surface area (Å²) in [5, 5.41) is 21.5. The number of thiazole rings is 1. The smallest absolute Gasteiger partial charge is 0.280 e. The van der Waals surface area contributed by atoms with Gasteiger partial charge in [0.2, 0.25) is 0 Å². The predicted octanol–water partition coefficient (Wildman–Crippen LogP) is 4.12. The second-order valence-corrected chi connectivity index (χ2v) is 7.40. The van der Waals surface area contributed by atoms with Gasteiger partial charge in [0.05, 0.1) is 26.6 Å². The third-order valence-electron chi connectivity index (χ3n) is 3.35. The number of nitrogens with one attached hydrogen (secondary N) is 1. The normalized spacial score (nSPS) is 11.0. The van der Waals surface area contributed by atoms with E-state index in [0.29, 0.717) is 21.4 Å². The third-order valence-corrected chi connectivity index (χ3v) is 5.05. The molecule has 130 valence electrons. The zero-order valence-electron chi connectivity index (χ0n) is 13.7. The molecule has 0 saturated carbocycles. The molecule has 3 aromatic rings. The van der Waals surface area contributed by atoms with Crippen molar-refractivity contribution in [2.45, 2.75) is 26.8 Å². The van der Waals surface area contributed by atoms with Crippen molar-refractivity contribution in [3.63, 3.8) is 0 Å². The van der Waals surface area contributed by atoms with Crippen LogP contribution in [0.5, 0.6) is 0 Å². The van der Waals surface area contributed by atoms with Gasteiger partial charge in [-0.3, -0.25) is 24.9 Å². The second kappa shape index (κ2) is 6.73. The Bertz CT molecular complexity index is 941. The van der Waals surface area contributed by atoms with Gasteiger partial charge in [0.15, 0.2) is 5.13 Å². The van der Waals surface area contributed by atoms with Gasteiger partial charge in [-0.15, -0.1) is 22.7 Å². The fourth-order valence-corrected chi connectivity index (χ4v) is 3.84. The number of aryl methyl sites for hydroxylation is 1. The van der Waals surface area contributed by atoms with E-state index in [1.165, 1.54) is 34.1 Å². The van der Waals surface area contributed by atoms with E-state index in [1.54, 1.807) is 16.1 Å². The van der Waals surface area contributed by atoms with E-state index in [9.17, 15) is 14.9 Å². The first kappa shape index (κ1) is 17.2. The lowest BCUT2D eigenvalue weighted by Gasteiger charge is -2.09. The molecule has 0 aliphatic rings. The van der Waals surface area contributed by atoms with E-state index in [0.717, 1.165) is 5.69 Å². The topological polar surface area (TPSA) is 103 Å². The van der Waals surface area contributed by atoms with Gasteiger partial charge < -0.3 is 0 Å². The van der Waals surface area contributed by atoms with Gasteiger partial charge in [0.25, 0.3) is 11.6 Å². The first-order valence-electron chi connectivity index (χ1n) is 7.41. The van der Waals surface area contributed by atoms with Crippen molar-refractivity contribution >= 4 is 39.4 Å². The van der Waals surface area contributed by atoms with Crippen LogP contribution in [0.3, 0.4) is 0 Å². The lowest BCUT2D eigenvalue weighted by molar-refractivity contribution is -0.384. The maximum absolute atomic E-state index is 12.5. The van der Waals surface area contributed by atoms with Gasteiger partial charge in [-0.25, -0.2) is 4.98 Å². The molecule has 10 heteroatoms. The highest BCUT2D eigenvalue weighted by Gasteiger charge is 2.18. The number of hydrogen-bond acceptors (Lipinski definition) is 7. The Balaban J connectivity index is 1.79. The Morgan fingerprint density at radius 2 is 2.08 bits per heavy atom. The van der Waals surface area contributed by atoms with Crippen molar-refractivity contribution in [1.82, 2.24) is 14.8 Å². The molecule has 0 bridgehead atoms. The summed E-state index contributed by atoms with van der Waals surface area (Å²) in [4.78, 5) is 27.9. The molecule has 0 unspecified atom stereocenters. The van der Waals surface area contributed by atoms with Crippen LogP contribution in [0.2, 0.25) is 0 Å². The summed E-state index contributed by atoms with van der Waals surface area (Å²) in [6.07, 6.45) is 0. The van der Waals surface area contributed by atoms with Gasteiger partial charge in [0, 0.05) is 17.5 Å². The average Bonchev–Trinajstić information content (AvgIpc) is 3.24. The fourth-order valence-electron chi connectivity index (χ4n) is 2.24. The summed E-state index contributed by atoms with van der Waals surface area (Å²) in [5.74, 6) is -0.285. The number of rotatable bonds is 5. The molecule has 3 aromatic heterocycles. The number of hydrogen-bond donors (Lipinski definition) is 1. The van der Waals surface area contributed by atoms with Crippen LogP contribution in [0.25, 0.3) is 10.6 Å². The molecule has 0 fully saturated rings. The van der Waals surface area contributed by atoms with Gasteiger partial charge in [-0.2, -0.15) is 5.10 Å². The number of carbonyl (C=O) groups excluding carboxylic acids is 1. The second-order valence-electron chi connectivity index (χ2n) is 5.63. The minimum absolute atomic E-state index is 0.0369. The number of nitrogens with zero attached hydrogens (tertiary/aromatic N) is 4. The van der Waals surface area contributed by atoms with Crippen LogP contribution in [0, 0.1) is 17.0 Å². The Hall–Kier alpha value is -2.59. The van der Waals surface area contributed by atoms with Crippen LogP contribution >= 0.6 is 22.7 Å². The zero-order chi connectivity index (χ0) is 18.1. The molecule has 0 aliphatic heterocycles. The molecular weight excluding hydrogens is 362 g/mol. The van der Waals surface area contributed by atoms with E-state index in [4.69, 9.17) is 0 Å². The van der Waals surface area contributed by atoms with Crippen molar-refractivity contribution in [3.05, 3.63) is 44.4 Å². The Kier molecular flexibility index (Phi) is 4.64. The molecule has 0 aliphatic carbocycles. The molecule has 3 rings (SSSR count). The SMILES string of the molecule is Cc1cc(C(=O)Nc2nc(-c3cc([N+](=O)[O-])cs3)cs2)n(C(C)C)n1. The van der Waals surface area contributed by atoms with E-state index in [1.807, 2.05) is 20.8 Å². The molecule has 25 heavy (non-hydrogen) atoms. The summed E-state index contributed by atoms with van der Waals surface area (Å²) >= 11 is 2.52. The highest BCUT2D eigenvalue weighted by atomic mass is 32.1. The molecular formula is C15H15N5O3S2. The van der Waals surface area contributed by atoms with Crippen LogP contribution in [0.1, 0.15) is 36.1 Å². The molecule has 3 heterocycles.